The van der Waals surface area contributed by atoms with Gasteiger partial charge in [0.2, 0.25) is 0 Å². The Hall–Kier alpha value is -2.26. The molecule has 0 aliphatic carbocycles. The van der Waals surface area contributed by atoms with Crippen molar-refractivity contribution in [2.45, 2.75) is 0 Å². The molecule has 5 nitrogen and oxygen atoms in total. The summed E-state index contributed by atoms with van der Waals surface area (Å²) in [6.07, 6.45) is 1.66. The number of methoxy groups -OCH3 is 1. The number of hydrogen-bond acceptors (Lipinski definition) is 3. The van der Waals surface area contributed by atoms with E-state index in [1.165, 1.54) is 0 Å². The van der Waals surface area contributed by atoms with Crippen molar-refractivity contribution in [2.24, 2.45) is 5.11 Å². The van der Waals surface area contributed by atoms with Crippen molar-refractivity contribution >= 4 is 16.6 Å². The molecule has 0 unspecified atom stereocenters. The van der Waals surface area contributed by atoms with E-state index in [1.807, 2.05) is 18.2 Å². The number of rotatable bonds is 2. The van der Waals surface area contributed by atoms with Gasteiger partial charge < -0.3 is 4.74 Å². The van der Waals surface area contributed by atoms with Gasteiger partial charge in [0.05, 0.1) is 18.3 Å². The molecule has 1 aromatic heterocycles. The van der Waals surface area contributed by atoms with E-state index in [1.54, 1.807) is 19.4 Å². The van der Waals surface area contributed by atoms with Crippen molar-refractivity contribution in [3.8, 4) is 5.75 Å². The van der Waals surface area contributed by atoms with Crippen LogP contribution < -0.4 is 4.74 Å². The molecule has 1 heterocycles. The maximum atomic E-state index is 8.43. The third kappa shape index (κ3) is 1.68. The minimum absolute atomic E-state index is 0.479. The smallest absolute Gasteiger partial charge is 0.120 e. The number of aromatic nitrogens is 1. The van der Waals surface area contributed by atoms with Crippen LogP contribution in [0.5, 0.6) is 5.75 Å². The van der Waals surface area contributed by atoms with E-state index in [2.05, 4.69) is 15.0 Å². The average molecular weight is 200 g/mol. The summed E-state index contributed by atoms with van der Waals surface area (Å²) in [4.78, 5) is 6.92. The van der Waals surface area contributed by atoms with E-state index >= 15 is 0 Å². The molecule has 5 heteroatoms. The van der Waals surface area contributed by atoms with Gasteiger partial charge in [-0.1, -0.05) is 11.2 Å². The fraction of sp³-hybridized carbons (Fsp3) is 0.100. The highest BCUT2D eigenvalue weighted by molar-refractivity contribution is 5.90. The van der Waals surface area contributed by atoms with Gasteiger partial charge in [-0.25, -0.2) is 0 Å². The van der Waals surface area contributed by atoms with E-state index in [4.69, 9.17) is 10.3 Å². The van der Waals surface area contributed by atoms with Crippen LogP contribution in [0.15, 0.2) is 35.6 Å². The van der Waals surface area contributed by atoms with Crippen molar-refractivity contribution in [2.75, 3.05) is 7.11 Å². The molecule has 0 aliphatic heterocycles. The van der Waals surface area contributed by atoms with Crippen molar-refractivity contribution in [1.29, 1.82) is 0 Å². The molecule has 74 valence electrons. The fourth-order valence-corrected chi connectivity index (χ4v) is 1.39. The summed E-state index contributed by atoms with van der Waals surface area (Å²) in [6.45, 7) is 0. The number of fused-ring (bicyclic) bond motifs is 1. The Balaban J connectivity index is 2.79. The Morgan fingerprint density at radius 1 is 1.47 bits per heavy atom. The molecule has 0 bridgehead atoms. The van der Waals surface area contributed by atoms with Gasteiger partial charge >= 0.3 is 0 Å². The third-order valence-electron chi connectivity index (χ3n) is 2.05. The maximum Gasteiger partial charge on any atom is 0.120 e. The minimum Gasteiger partial charge on any atom is -0.497 e. The van der Waals surface area contributed by atoms with E-state index in [0.717, 1.165) is 5.39 Å². The summed E-state index contributed by atoms with van der Waals surface area (Å²) >= 11 is 0. The van der Waals surface area contributed by atoms with Crippen molar-refractivity contribution in [3.63, 3.8) is 0 Å². The van der Waals surface area contributed by atoms with Gasteiger partial charge in [-0.3, -0.25) is 4.98 Å². The van der Waals surface area contributed by atoms with Gasteiger partial charge in [-0.05, 0) is 23.7 Å². The zero-order valence-corrected chi connectivity index (χ0v) is 8.08. The van der Waals surface area contributed by atoms with Crippen LogP contribution >= 0.6 is 0 Å². The maximum absolute atomic E-state index is 8.43. The largest absolute Gasteiger partial charge is 0.497 e. The molecule has 0 saturated carbocycles. The van der Waals surface area contributed by atoms with Crippen LogP contribution in [0.4, 0.5) is 5.69 Å². The molecular weight excluding hydrogens is 192 g/mol. The Kier molecular flexibility index (Phi) is 2.39. The Morgan fingerprint density at radius 3 is 3.07 bits per heavy atom. The molecule has 0 radical (unpaired) electrons. The van der Waals surface area contributed by atoms with E-state index in [0.29, 0.717) is 17.0 Å². The monoisotopic (exact) mass is 200 g/mol. The number of benzene rings is 1. The summed E-state index contributed by atoms with van der Waals surface area (Å²) in [6, 6.07) is 7.22. The average Bonchev–Trinajstić information content (AvgIpc) is 2.29. The first kappa shape index (κ1) is 9.30. The highest BCUT2D eigenvalue weighted by atomic mass is 16.5. The van der Waals surface area contributed by atoms with E-state index in [-0.39, 0.29) is 0 Å². The first-order valence-electron chi connectivity index (χ1n) is 4.33. The molecule has 0 amide bonds. The molecule has 0 aliphatic rings. The van der Waals surface area contributed by atoms with E-state index < -0.39 is 0 Å². The van der Waals surface area contributed by atoms with Crippen LogP contribution in [0.3, 0.4) is 0 Å². The van der Waals surface area contributed by atoms with Crippen LogP contribution in [-0.2, 0) is 0 Å². The summed E-state index contributed by atoms with van der Waals surface area (Å²) < 4.78 is 5.10. The van der Waals surface area contributed by atoms with Gasteiger partial charge in [0.1, 0.15) is 5.75 Å². The fourth-order valence-electron chi connectivity index (χ4n) is 1.39. The summed E-state index contributed by atoms with van der Waals surface area (Å²) in [5, 5.41) is 4.47. The lowest BCUT2D eigenvalue weighted by atomic mass is 10.2. The molecular formula is C10H8N4O. The first-order chi connectivity index (χ1) is 7.35. The van der Waals surface area contributed by atoms with Crippen LogP contribution in [0.25, 0.3) is 21.3 Å². The number of ether oxygens (including phenoxy) is 1. The Bertz CT molecular complexity index is 546. The predicted octanol–water partition coefficient (Wildman–Crippen LogP) is 3.19. The normalized spacial score (nSPS) is 9.67. The SMILES string of the molecule is COc1cc(N=[N+]=[N-])c2ncccc2c1. The number of nitrogens with zero attached hydrogens (tertiary/aromatic N) is 4. The van der Waals surface area contributed by atoms with Crippen molar-refractivity contribution < 1.29 is 4.74 Å². The molecule has 0 atom stereocenters. The van der Waals surface area contributed by atoms with Gasteiger partial charge in [0.15, 0.2) is 0 Å². The molecule has 2 aromatic rings. The third-order valence-corrected chi connectivity index (χ3v) is 2.05. The molecule has 15 heavy (non-hydrogen) atoms. The second kappa shape index (κ2) is 3.86. The molecule has 1 aromatic carbocycles. The first-order valence-corrected chi connectivity index (χ1v) is 4.33. The van der Waals surface area contributed by atoms with Gasteiger partial charge in [-0.2, -0.15) is 0 Å². The van der Waals surface area contributed by atoms with Crippen LogP contribution in [0.2, 0.25) is 0 Å². The molecule has 0 saturated heterocycles. The quantitative estimate of drug-likeness (QED) is 0.424. The zero-order valence-electron chi connectivity index (χ0n) is 8.08. The van der Waals surface area contributed by atoms with Gasteiger partial charge in [-0.15, -0.1) is 0 Å². The summed E-state index contributed by atoms with van der Waals surface area (Å²) in [7, 11) is 1.57. The number of hydrogen-bond donors (Lipinski definition) is 0. The lowest BCUT2D eigenvalue weighted by Crippen LogP contribution is -1.84. The lowest BCUT2D eigenvalue weighted by Gasteiger charge is -2.04. The van der Waals surface area contributed by atoms with Gasteiger partial charge in [0, 0.05) is 16.5 Å². The standard InChI is InChI=1S/C10H8N4O/c1-15-8-5-7-3-2-4-12-10(7)9(6-8)13-14-11/h2-6H,1H3. The Morgan fingerprint density at radius 2 is 2.33 bits per heavy atom. The molecule has 0 N–H and O–H groups in total. The number of pyridine rings is 1. The second-order valence-corrected chi connectivity index (χ2v) is 2.91. The summed E-state index contributed by atoms with van der Waals surface area (Å²) in [5.74, 6) is 0.651. The Labute approximate surface area is 85.9 Å². The highest BCUT2D eigenvalue weighted by Crippen LogP contribution is 2.29. The zero-order chi connectivity index (χ0) is 10.7. The lowest BCUT2D eigenvalue weighted by molar-refractivity contribution is 0.415. The molecule has 2 rings (SSSR count). The van der Waals surface area contributed by atoms with Crippen molar-refractivity contribution in [1.82, 2.24) is 4.98 Å². The van der Waals surface area contributed by atoms with Crippen LogP contribution in [-0.4, -0.2) is 12.1 Å². The summed E-state index contributed by atoms with van der Waals surface area (Å²) in [5.41, 5.74) is 9.59. The van der Waals surface area contributed by atoms with E-state index in [9.17, 15) is 0 Å². The van der Waals surface area contributed by atoms with Gasteiger partial charge in [0.25, 0.3) is 0 Å². The molecule has 0 spiro atoms. The molecule has 0 fully saturated rings. The van der Waals surface area contributed by atoms with Crippen LogP contribution in [0, 0.1) is 0 Å². The second-order valence-electron chi connectivity index (χ2n) is 2.91. The topological polar surface area (TPSA) is 70.9 Å². The van der Waals surface area contributed by atoms with Crippen LogP contribution in [0.1, 0.15) is 0 Å². The van der Waals surface area contributed by atoms with Crippen molar-refractivity contribution in [3.05, 3.63) is 40.9 Å². The number of azide groups is 1. The predicted molar refractivity (Wildman–Crippen MR) is 57.1 cm³/mol. The highest BCUT2D eigenvalue weighted by Gasteiger charge is 2.03. The minimum atomic E-state index is 0.479.